The quantitative estimate of drug-likeness (QED) is 0.307. The van der Waals surface area contributed by atoms with E-state index in [1.54, 1.807) is 25.3 Å². The van der Waals surface area contributed by atoms with Crippen molar-refractivity contribution >= 4 is 40.5 Å². The highest BCUT2D eigenvalue weighted by Gasteiger charge is 2.41. The van der Waals surface area contributed by atoms with Gasteiger partial charge in [-0.3, -0.25) is 0 Å². The van der Waals surface area contributed by atoms with E-state index in [-0.39, 0.29) is 11.4 Å². The van der Waals surface area contributed by atoms with Crippen molar-refractivity contribution in [1.29, 1.82) is 0 Å². The number of aromatic nitrogens is 1. The summed E-state index contributed by atoms with van der Waals surface area (Å²) in [5.74, 6) is 2.79. The summed E-state index contributed by atoms with van der Waals surface area (Å²) in [5.41, 5.74) is 4.76. The molecule has 5 rings (SSSR count). The van der Waals surface area contributed by atoms with E-state index < -0.39 is 0 Å². The summed E-state index contributed by atoms with van der Waals surface area (Å²) in [6.07, 6.45) is 8.28. The fraction of sp³-hybridized carbons (Fsp3) is 0.419. The fourth-order valence-electron chi connectivity index (χ4n) is 6.60. The van der Waals surface area contributed by atoms with Crippen LogP contribution in [0.5, 0.6) is 0 Å². The van der Waals surface area contributed by atoms with E-state index in [1.807, 2.05) is 24.3 Å². The Bertz CT molecular complexity index is 1240. The van der Waals surface area contributed by atoms with Crippen molar-refractivity contribution in [2.24, 2.45) is 17.8 Å². The number of pyridine rings is 1. The molecule has 1 aromatic heterocycles. The van der Waals surface area contributed by atoms with Crippen LogP contribution in [0, 0.1) is 17.8 Å². The monoisotopic (exact) mass is 517 g/mol. The molecule has 2 unspecified atom stereocenters. The number of nitrogens with zero attached hydrogens (tertiary/aromatic N) is 1. The Kier molecular flexibility index (Phi) is 7.43. The van der Waals surface area contributed by atoms with Crippen LogP contribution in [0.15, 0.2) is 60.8 Å². The highest BCUT2D eigenvalue weighted by molar-refractivity contribution is 6.33. The molecule has 5 nitrogen and oxygen atoms in total. The highest BCUT2D eigenvalue weighted by Crippen LogP contribution is 2.51. The predicted octanol–water partition coefficient (Wildman–Crippen LogP) is 8.50. The average molecular weight is 518 g/mol. The summed E-state index contributed by atoms with van der Waals surface area (Å²) in [4.78, 5) is 16.3. The van der Waals surface area contributed by atoms with Crippen molar-refractivity contribution < 1.29 is 9.53 Å². The van der Waals surface area contributed by atoms with Gasteiger partial charge in [0.1, 0.15) is 5.82 Å². The van der Waals surface area contributed by atoms with Crippen molar-refractivity contribution in [2.45, 2.75) is 58.3 Å². The summed E-state index contributed by atoms with van der Waals surface area (Å²) < 4.78 is 5.07. The zero-order valence-corrected chi connectivity index (χ0v) is 22.6. The maximum Gasteiger partial charge on any atom is 0.338 e. The molecule has 2 N–H and O–H groups in total. The highest BCUT2D eigenvalue weighted by atomic mass is 35.5. The number of hydrogen-bond donors (Lipinski definition) is 2. The van der Waals surface area contributed by atoms with Crippen LogP contribution in [0.4, 0.5) is 22.9 Å². The van der Waals surface area contributed by atoms with E-state index in [2.05, 4.69) is 47.7 Å². The number of fused-ring (bicyclic) bond motifs is 2. The van der Waals surface area contributed by atoms with Gasteiger partial charge in [-0.2, -0.15) is 0 Å². The Morgan fingerprint density at radius 2 is 1.68 bits per heavy atom. The molecule has 0 saturated heterocycles. The molecular weight excluding hydrogens is 482 g/mol. The molecule has 0 aliphatic heterocycles. The molecule has 2 saturated carbocycles. The van der Waals surface area contributed by atoms with Crippen LogP contribution in [-0.2, 0) is 10.2 Å². The van der Waals surface area contributed by atoms with Gasteiger partial charge in [0.2, 0.25) is 0 Å². The van der Waals surface area contributed by atoms with Crippen LogP contribution >= 0.6 is 11.6 Å². The van der Waals surface area contributed by atoms with Crippen LogP contribution in [-0.4, -0.2) is 17.6 Å². The molecule has 6 heteroatoms. The summed E-state index contributed by atoms with van der Waals surface area (Å²) in [6, 6.07) is 17.8. The minimum absolute atomic E-state index is 0.210. The summed E-state index contributed by atoms with van der Waals surface area (Å²) in [5, 5.41) is 7.45. The van der Waals surface area contributed by atoms with E-state index in [4.69, 9.17) is 16.3 Å². The Morgan fingerprint density at radius 1 is 1.00 bits per heavy atom. The lowest BCUT2D eigenvalue weighted by Crippen LogP contribution is -2.38. The number of nitrogens with one attached hydrogen (secondary N) is 2. The first-order chi connectivity index (χ1) is 17.8. The van der Waals surface area contributed by atoms with Crippen LogP contribution in [0.2, 0.25) is 5.02 Å². The van der Waals surface area contributed by atoms with Crippen LogP contribution in [0.25, 0.3) is 0 Å². The zero-order chi connectivity index (χ0) is 26.0. The van der Waals surface area contributed by atoms with Crippen LogP contribution < -0.4 is 10.6 Å². The molecule has 2 aliphatic rings. The minimum Gasteiger partial charge on any atom is -0.462 e. The molecule has 3 aromatic rings. The topological polar surface area (TPSA) is 63.2 Å². The van der Waals surface area contributed by atoms with Crippen molar-refractivity contribution in [1.82, 2.24) is 4.98 Å². The van der Waals surface area contributed by atoms with E-state index in [9.17, 15) is 4.79 Å². The lowest BCUT2D eigenvalue weighted by Gasteiger charge is -2.47. The fourth-order valence-corrected chi connectivity index (χ4v) is 6.83. The van der Waals surface area contributed by atoms with Gasteiger partial charge in [-0.25, -0.2) is 9.78 Å². The molecular formula is C31H36ClN3O2. The number of hydrogen-bond acceptors (Lipinski definition) is 5. The SMILES string of the molecule is CCOC(=O)c1ccnc(Nc2ccc(Nc3ccc(C4(C)CC5CC(C)CC(C5)C4)cc3Cl)cc2)c1. The van der Waals surface area contributed by atoms with E-state index >= 15 is 0 Å². The number of halogens is 1. The van der Waals surface area contributed by atoms with E-state index in [0.717, 1.165) is 39.8 Å². The van der Waals surface area contributed by atoms with Crippen LogP contribution in [0.1, 0.15) is 68.8 Å². The normalized spacial score (nSPS) is 24.8. The Morgan fingerprint density at radius 3 is 2.32 bits per heavy atom. The summed E-state index contributed by atoms with van der Waals surface area (Å²) in [6.45, 7) is 6.98. The third-order valence-electron chi connectivity index (χ3n) is 7.99. The second-order valence-corrected chi connectivity index (χ2v) is 11.6. The number of carbonyl (C=O) groups is 1. The van der Waals surface area contributed by atoms with Gasteiger partial charge < -0.3 is 15.4 Å². The first kappa shape index (κ1) is 25.6. The minimum atomic E-state index is -0.356. The molecule has 0 spiro atoms. The molecule has 1 heterocycles. The first-order valence-corrected chi connectivity index (χ1v) is 13.8. The van der Waals surface area contributed by atoms with E-state index in [1.165, 1.54) is 37.7 Å². The second kappa shape index (κ2) is 10.7. The smallest absolute Gasteiger partial charge is 0.338 e. The number of rotatable bonds is 7. The number of esters is 1. The van der Waals surface area contributed by atoms with Gasteiger partial charge >= 0.3 is 5.97 Å². The standard InChI is InChI=1S/C31H36ClN3O2/c1-4-37-30(36)23-11-12-33-29(16-23)35-26-8-6-25(7-9-26)34-28-10-5-24(17-27(28)32)31(3)18-21-13-20(2)14-22(15-21)19-31/h5-12,16-17,20-22,34H,4,13-15,18-19H2,1-3H3,(H,33,35). The molecule has 2 fully saturated rings. The van der Waals surface area contributed by atoms with Gasteiger partial charge in [-0.1, -0.05) is 31.5 Å². The number of ether oxygens (including phenoxy) is 1. The summed E-state index contributed by atoms with van der Waals surface area (Å²) >= 11 is 6.78. The van der Waals surface area contributed by atoms with Gasteiger partial charge in [0.15, 0.2) is 0 Å². The molecule has 2 aliphatic carbocycles. The number of benzene rings is 2. The third-order valence-corrected chi connectivity index (χ3v) is 8.30. The van der Waals surface area contributed by atoms with Crippen molar-refractivity contribution in [3.8, 4) is 0 Å². The molecule has 2 aromatic carbocycles. The van der Waals surface area contributed by atoms with Crippen molar-refractivity contribution in [3.05, 3.63) is 76.9 Å². The molecule has 2 atom stereocenters. The molecule has 37 heavy (non-hydrogen) atoms. The second-order valence-electron chi connectivity index (χ2n) is 11.2. The van der Waals surface area contributed by atoms with Crippen molar-refractivity contribution in [3.63, 3.8) is 0 Å². The zero-order valence-electron chi connectivity index (χ0n) is 21.9. The van der Waals surface area contributed by atoms with Crippen LogP contribution in [0.3, 0.4) is 0 Å². The van der Waals surface area contributed by atoms with Gasteiger partial charge in [-0.05, 0) is 116 Å². The Balaban J connectivity index is 1.24. The van der Waals surface area contributed by atoms with E-state index in [0.29, 0.717) is 18.0 Å². The first-order valence-electron chi connectivity index (χ1n) is 13.4. The molecule has 0 radical (unpaired) electrons. The molecule has 0 amide bonds. The van der Waals surface area contributed by atoms with Crippen molar-refractivity contribution in [2.75, 3.05) is 17.2 Å². The maximum absolute atomic E-state index is 12.0. The maximum atomic E-state index is 12.0. The number of carbonyl (C=O) groups excluding carboxylic acids is 1. The Hall–Kier alpha value is -3.05. The van der Waals surface area contributed by atoms with Gasteiger partial charge in [-0.15, -0.1) is 0 Å². The number of anilines is 4. The summed E-state index contributed by atoms with van der Waals surface area (Å²) in [7, 11) is 0. The Labute approximate surface area is 225 Å². The lowest BCUT2D eigenvalue weighted by molar-refractivity contribution is 0.0526. The van der Waals surface area contributed by atoms with Gasteiger partial charge in [0.25, 0.3) is 0 Å². The average Bonchev–Trinajstić information content (AvgIpc) is 2.86. The van der Waals surface area contributed by atoms with Gasteiger partial charge in [0.05, 0.1) is 22.9 Å². The predicted molar refractivity (Wildman–Crippen MR) is 151 cm³/mol. The third kappa shape index (κ3) is 5.93. The van der Waals surface area contributed by atoms with Gasteiger partial charge in [0, 0.05) is 17.6 Å². The lowest BCUT2D eigenvalue weighted by atomic mass is 9.57. The largest absolute Gasteiger partial charge is 0.462 e. The molecule has 2 bridgehead atoms. The molecule has 194 valence electrons.